The van der Waals surface area contributed by atoms with Crippen molar-refractivity contribution in [3.8, 4) is 5.75 Å². The fourth-order valence-corrected chi connectivity index (χ4v) is 3.09. The highest BCUT2D eigenvalue weighted by Gasteiger charge is 2.42. The average Bonchev–Trinajstić information content (AvgIpc) is 3.11. The number of halogens is 2. The zero-order valence-corrected chi connectivity index (χ0v) is 12.4. The molecule has 0 radical (unpaired) electrons. The van der Waals surface area contributed by atoms with E-state index in [1.807, 2.05) is 4.90 Å². The van der Waals surface area contributed by atoms with Gasteiger partial charge in [-0.25, -0.2) is 4.39 Å². The fraction of sp³-hybridized carbons (Fsp3) is 0.533. The molecule has 114 valence electrons. The predicted octanol–water partition coefficient (Wildman–Crippen LogP) is 2.50. The van der Waals surface area contributed by atoms with Crippen LogP contribution < -0.4 is 4.74 Å². The molecule has 0 aliphatic carbocycles. The zero-order valence-electron chi connectivity index (χ0n) is 11.6. The first-order valence-electron chi connectivity index (χ1n) is 7.01. The second kappa shape index (κ2) is 5.81. The summed E-state index contributed by atoms with van der Waals surface area (Å²) in [7, 11) is 0. The van der Waals surface area contributed by atoms with Crippen LogP contribution in [0.2, 0.25) is 5.02 Å². The maximum absolute atomic E-state index is 13.0. The number of ether oxygens (including phenoxy) is 2. The van der Waals surface area contributed by atoms with E-state index >= 15 is 0 Å². The van der Waals surface area contributed by atoms with E-state index in [0.29, 0.717) is 5.75 Å². The lowest BCUT2D eigenvalue weighted by Gasteiger charge is -2.22. The van der Waals surface area contributed by atoms with E-state index in [1.165, 1.54) is 18.2 Å². The van der Waals surface area contributed by atoms with Crippen molar-refractivity contribution in [3.05, 3.63) is 29.0 Å². The lowest BCUT2D eigenvalue weighted by atomic mass is 9.87. The molecule has 2 heterocycles. The molecule has 2 aliphatic rings. The molecule has 1 amide bonds. The third-order valence-corrected chi connectivity index (χ3v) is 4.52. The number of nitrogens with zero attached hydrogens (tertiary/aromatic N) is 1. The molecule has 2 aliphatic heterocycles. The van der Waals surface area contributed by atoms with E-state index < -0.39 is 5.82 Å². The lowest BCUT2D eigenvalue weighted by molar-refractivity contribution is -0.132. The van der Waals surface area contributed by atoms with Crippen molar-refractivity contribution in [1.82, 2.24) is 4.90 Å². The number of carbonyl (C=O) groups is 1. The predicted molar refractivity (Wildman–Crippen MR) is 76.0 cm³/mol. The zero-order chi connectivity index (χ0) is 14.9. The Morgan fingerprint density at radius 1 is 1.48 bits per heavy atom. The summed E-state index contributed by atoms with van der Waals surface area (Å²) in [5.41, 5.74) is 0.148. The molecule has 0 bridgehead atoms. The van der Waals surface area contributed by atoms with E-state index in [1.54, 1.807) is 0 Å². The van der Waals surface area contributed by atoms with Gasteiger partial charge in [0.1, 0.15) is 11.6 Å². The Balaban J connectivity index is 1.53. The van der Waals surface area contributed by atoms with Crippen molar-refractivity contribution in [1.29, 1.82) is 0 Å². The van der Waals surface area contributed by atoms with E-state index in [-0.39, 0.29) is 23.0 Å². The van der Waals surface area contributed by atoms with Crippen molar-refractivity contribution in [2.75, 3.05) is 32.9 Å². The minimum absolute atomic E-state index is 0.0109. The van der Waals surface area contributed by atoms with Gasteiger partial charge in [-0.05, 0) is 25.0 Å². The number of likely N-dealkylation sites (tertiary alicyclic amines) is 1. The van der Waals surface area contributed by atoms with Crippen LogP contribution in [0.3, 0.4) is 0 Å². The molecular weight excluding hydrogens is 297 g/mol. The first kappa shape index (κ1) is 14.6. The normalized spacial score (nSPS) is 24.8. The van der Waals surface area contributed by atoms with Crippen molar-refractivity contribution in [2.24, 2.45) is 5.41 Å². The molecule has 4 nitrogen and oxygen atoms in total. The molecule has 0 N–H and O–H groups in total. The van der Waals surface area contributed by atoms with Crippen LogP contribution in [0, 0.1) is 11.2 Å². The summed E-state index contributed by atoms with van der Waals surface area (Å²) in [5, 5.41) is -0.0109. The second-order valence-corrected chi connectivity index (χ2v) is 6.14. The maximum Gasteiger partial charge on any atom is 0.260 e. The fourth-order valence-electron chi connectivity index (χ4n) is 2.92. The van der Waals surface area contributed by atoms with Crippen LogP contribution in [0.1, 0.15) is 12.8 Å². The summed E-state index contributed by atoms with van der Waals surface area (Å²) < 4.78 is 23.9. The Bertz CT molecular complexity index is 546. The van der Waals surface area contributed by atoms with E-state index in [4.69, 9.17) is 21.1 Å². The molecule has 0 unspecified atom stereocenters. The first-order valence-corrected chi connectivity index (χ1v) is 7.39. The van der Waals surface area contributed by atoms with E-state index in [2.05, 4.69) is 0 Å². The van der Waals surface area contributed by atoms with Gasteiger partial charge in [-0.1, -0.05) is 11.6 Å². The molecular formula is C15H17ClFNO3. The van der Waals surface area contributed by atoms with E-state index in [0.717, 1.165) is 39.1 Å². The maximum atomic E-state index is 13.0. The summed E-state index contributed by atoms with van der Waals surface area (Å²) in [6.07, 6.45) is 2.01. The molecule has 1 atom stereocenters. The van der Waals surface area contributed by atoms with Crippen molar-refractivity contribution in [2.45, 2.75) is 12.8 Å². The average molecular weight is 314 g/mol. The van der Waals surface area contributed by atoms with E-state index in [9.17, 15) is 9.18 Å². The Morgan fingerprint density at radius 2 is 2.33 bits per heavy atom. The van der Waals surface area contributed by atoms with Crippen LogP contribution >= 0.6 is 11.6 Å². The lowest BCUT2D eigenvalue weighted by Crippen LogP contribution is -2.35. The monoisotopic (exact) mass is 313 g/mol. The van der Waals surface area contributed by atoms with Crippen LogP contribution in [-0.4, -0.2) is 43.7 Å². The molecule has 1 aromatic rings. The summed E-state index contributed by atoms with van der Waals surface area (Å²) in [6.45, 7) is 2.95. The van der Waals surface area contributed by atoms with Crippen LogP contribution in [0.5, 0.6) is 5.75 Å². The highest BCUT2D eigenvalue weighted by atomic mass is 35.5. The topological polar surface area (TPSA) is 38.8 Å². The van der Waals surface area contributed by atoms with Crippen LogP contribution in [0.4, 0.5) is 4.39 Å². The van der Waals surface area contributed by atoms with Crippen LogP contribution in [0.15, 0.2) is 18.2 Å². The SMILES string of the molecule is O=C(COc1ccc(F)c(Cl)c1)N1CC[C@@]2(CCOC2)C1. The Morgan fingerprint density at radius 3 is 3.05 bits per heavy atom. The first-order chi connectivity index (χ1) is 10.1. The molecule has 2 fully saturated rings. The number of hydrogen-bond donors (Lipinski definition) is 0. The molecule has 2 saturated heterocycles. The largest absolute Gasteiger partial charge is 0.484 e. The minimum atomic E-state index is -0.502. The van der Waals surface area contributed by atoms with Gasteiger partial charge in [0, 0.05) is 31.2 Å². The molecule has 6 heteroatoms. The number of hydrogen-bond acceptors (Lipinski definition) is 3. The van der Waals surface area contributed by atoms with Gasteiger partial charge in [0.2, 0.25) is 0 Å². The second-order valence-electron chi connectivity index (χ2n) is 5.73. The third-order valence-electron chi connectivity index (χ3n) is 4.23. The summed E-state index contributed by atoms with van der Waals surface area (Å²) >= 11 is 5.67. The molecule has 3 rings (SSSR count). The van der Waals surface area contributed by atoms with Gasteiger partial charge in [-0.2, -0.15) is 0 Å². The molecule has 1 aromatic carbocycles. The van der Waals surface area contributed by atoms with Gasteiger partial charge in [-0.15, -0.1) is 0 Å². The Kier molecular flexibility index (Phi) is 4.04. The molecule has 1 spiro atoms. The quantitative estimate of drug-likeness (QED) is 0.860. The van der Waals surface area contributed by atoms with Crippen molar-refractivity contribution in [3.63, 3.8) is 0 Å². The van der Waals surface area contributed by atoms with Crippen LogP contribution in [-0.2, 0) is 9.53 Å². The van der Waals surface area contributed by atoms with Gasteiger partial charge < -0.3 is 14.4 Å². The number of amides is 1. The number of rotatable bonds is 3. The van der Waals surface area contributed by atoms with Gasteiger partial charge in [-0.3, -0.25) is 4.79 Å². The Labute approximate surface area is 127 Å². The summed E-state index contributed by atoms with van der Waals surface area (Å²) in [4.78, 5) is 14.0. The van der Waals surface area contributed by atoms with Crippen molar-refractivity contribution >= 4 is 17.5 Å². The minimum Gasteiger partial charge on any atom is -0.484 e. The standard InChI is InChI=1S/C15H17ClFNO3/c16-12-7-11(1-2-13(12)17)21-8-14(19)18-5-3-15(9-18)4-6-20-10-15/h1-2,7H,3-6,8-10H2/t15-/m1/s1. The summed E-state index contributed by atoms with van der Waals surface area (Å²) in [6, 6.07) is 4.06. The Hall–Kier alpha value is -1.33. The highest BCUT2D eigenvalue weighted by Crippen LogP contribution is 2.38. The smallest absolute Gasteiger partial charge is 0.260 e. The van der Waals surface area contributed by atoms with Gasteiger partial charge in [0.25, 0.3) is 5.91 Å². The van der Waals surface area contributed by atoms with Gasteiger partial charge in [0.05, 0.1) is 11.6 Å². The molecule has 0 aromatic heterocycles. The highest BCUT2D eigenvalue weighted by molar-refractivity contribution is 6.30. The van der Waals surface area contributed by atoms with Crippen molar-refractivity contribution < 1.29 is 18.7 Å². The van der Waals surface area contributed by atoms with Gasteiger partial charge in [0.15, 0.2) is 6.61 Å². The third kappa shape index (κ3) is 3.14. The molecule has 21 heavy (non-hydrogen) atoms. The number of carbonyl (C=O) groups excluding carboxylic acids is 1. The molecule has 0 saturated carbocycles. The van der Waals surface area contributed by atoms with Gasteiger partial charge >= 0.3 is 0 Å². The number of benzene rings is 1. The van der Waals surface area contributed by atoms with Crippen LogP contribution in [0.25, 0.3) is 0 Å². The summed E-state index contributed by atoms with van der Waals surface area (Å²) in [5.74, 6) is -0.162.